The molecule has 5 nitrogen and oxygen atoms in total. The van der Waals surface area contributed by atoms with Crippen molar-refractivity contribution in [1.82, 2.24) is 10.2 Å². The molecule has 0 saturated heterocycles. The molecule has 0 aliphatic heterocycles. The molecule has 0 heterocycles. The Morgan fingerprint density at radius 1 is 1.00 bits per heavy atom. The normalized spacial score (nSPS) is 13.2. The van der Waals surface area contributed by atoms with Crippen LogP contribution in [-0.2, 0) is 14.2 Å². The van der Waals surface area contributed by atoms with E-state index in [1.54, 1.807) is 7.11 Å². The van der Waals surface area contributed by atoms with Crippen LogP contribution in [0, 0.1) is 0 Å². The quantitative estimate of drug-likeness (QED) is 0.500. The zero-order valence-electron chi connectivity index (χ0n) is 11.7. The van der Waals surface area contributed by atoms with Crippen molar-refractivity contribution in [3.8, 4) is 0 Å². The fourth-order valence-corrected chi connectivity index (χ4v) is 1.45. The molecule has 0 aromatic rings. The summed E-state index contributed by atoms with van der Waals surface area (Å²) in [6, 6.07) is 0.492. The van der Waals surface area contributed by atoms with Crippen molar-refractivity contribution in [1.29, 1.82) is 0 Å². The van der Waals surface area contributed by atoms with Crippen molar-refractivity contribution in [3.63, 3.8) is 0 Å². The Bertz CT molecular complexity index is 157. The van der Waals surface area contributed by atoms with E-state index in [-0.39, 0.29) is 0 Å². The molecule has 0 spiro atoms. The maximum atomic E-state index is 5.43. The molecule has 0 fully saturated rings. The molecular weight excluding hydrogens is 220 g/mol. The molecular formula is C12H28N2O3. The van der Waals surface area contributed by atoms with Crippen LogP contribution < -0.4 is 5.32 Å². The highest BCUT2D eigenvalue weighted by atomic mass is 16.5. The molecule has 5 heteroatoms. The van der Waals surface area contributed by atoms with Crippen molar-refractivity contribution >= 4 is 0 Å². The maximum Gasteiger partial charge on any atom is 0.0701 e. The van der Waals surface area contributed by atoms with E-state index in [4.69, 9.17) is 14.2 Å². The van der Waals surface area contributed by atoms with Crippen molar-refractivity contribution in [2.24, 2.45) is 0 Å². The fourth-order valence-electron chi connectivity index (χ4n) is 1.45. The highest BCUT2D eigenvalue weighted by Gasteiger charge is 2.01. The molecule has 1 unspecified atom stereocenters. The van der Waals surface area contributed by atoms with E-state index in [1.807, 2.05) is 0 Å². The molecule has 0 rings (SSSR count). The molecule has 0 aliphatic carbocycles. The second-order valence-corrected chi connectivity index (χ2v) is 4.33. The van der Waals surface area contributed by atoms with E-state index in [0.717, 1.165) is 19.7 Å². The minimum absolute atomic E-state index is 0.492. The second kappa shape index (κ2) is 12.3. The molecule has 1 N–H and O–H groups in total. The summed E-state index contributed by atoms with van der Waals surface area (Å²) in [6.45, 7) is 7.39. The maximum absolute atomic E-state index is 5.43. The zero-order chi connectivity index (χ0) is 12.9. The van der Waals surface area contributed by atoms with Gasteiger partial charge in [0, 0.05) is 26.2 Å². The van der Waals surface area contributed by atoms with Gasteiger partial charge >= 0.3 is 0 Å². The van der Waals surface area contributed by atoms with Gasteiger partial charge in [0.25, 0.3) is 0 Å². The van der Waals surface area contributed by atoms with Gasteiger partial charge in [0.1, 0.15) is 0 Å². The number of likely N-dealkylation sites (N-methyl/N-ethyl adjacent to an activating group) is 1. The standard InChI is InChI=1S/C12H28N2O3/c1-12(11-14(2)3)13-5-6-16-9-10-17-8-7-15-4/h12-13H,5-11H2,1-4H3. The van der Waals surface area contributed by atoms with Crippen LogP contribution in [0.5, 0.6) is 0 Å². The van der Waals surface area contributed by atoms with Gasteiger partial charge in [0.15, 0.2) is 0 Å². The lowest BCUT2D eigenvalue weighted by molar-refractivity contribution is 0.0252. The van der Waals surface area contributed by atoms with Gasteiger partial charge in [-0.1, -0.05) is 0 Å². The van der Waals surface area contributed by atoms with Crippen LogP contribution >= 0.6 is 0 Å². The lowest BCUT2D eigenvalue weighted by Crippen LogP contribution is -2.37. The number of hydrogen-bond donors (Lipinski definition) is 1. The van der Waals surface area contributed by atoms with Crippen LogP contribution in [0.4, 0.5) is 0 Å². The third-order valence-corrected chi connectivity index (χ3v) is 2.18. The Morgan fingerprint density at radius 3 is 2.18 bits per heavy atom. The van der Waals surface area contributed by atoms with E-state index in [9.17, 15) is 0 Å². The average molecular weight is 248 g/mol. The third-order valence-electron chi connectivity index (χ3n) is 2.18. The van der Waals surface area contributed by atoms with E-state index in [1.165, 1.54) is 0 Å². The van der Waals surface area contributed by atoms with Crippen molar-refractivity contribution in [2.75, 3.05) is 67.3 Å². The summed E-state index contributed by atoms with van der Waals surface area (Å²) in [6.07, 6.45) is 0. The number of rotatable bonds is 12. The van der Waals surface area contributed by atoms with Crippen LogP contribution in [-0.4, -0.2) is 78.3 Å². The zero-order valence-corrected chi connectivity index (χ0v) is 11.7. The summed E-state index contributed by atoms with van der Waals surface area (Å²) in [5, 5.41) is 3.40. The van der Waals surface area contributed by atoms with Crippen molar-refractivity contribution < 1.29 is 14.2 Å². The van der Waals surface area contributed by atoms with Gasteiger partial charge < -0.3 is 24.4 Å². The Kier molecular flexibility index (Phi) is 12.1. The molecule has 0 aromatic heterocycles. The molecule has 0 bridgehead atoms. The number of hydrogen-bond acceptors (Lipinski definition) is 5. The molecule has 1 atom stereocenters. The summed E-state index contributed by atoms with van der Waals surface area (Å²) in [7, 11) is 5.82. The summed E-state index contributed by atoms with van der Waals surface area (Å²) in [5.41, 5.74) is 0. The Labute approximate surface area is 105 Å². The minimum Gasteiger partial charge on any atom is -0.382 e. The number of nitrogens with one attached hydrogen (secondary N) is 1. The monoisotopic (exact) mass is 248 g/mol. The first-order valence-corrected chi connectivity index (χ1v) is 6.19. The summed E-state index contributed by atoms with van der Waals surface area (Å²) in [5.74, 6) is 0. The van der Waals surface area contributed by atoms with Crippen LogP contribution in [0.2, 0.25) is 0 Å². The molecule has 17 heavy (non-hydrogen) atoms. The lowest BCUT2D eigenvalue weighted by atomic mass is 10.3. The summed E-state index contributed by atoms with van der Waals surface area (Å²) < 4.78 is 15.6. The highest BCUT2D eigenvalue weighted by Crippen LogP contribution is 1.85. The highest BCUT2D eigenvalue weighted by molar-refractivity contribution is 4.62. The molecule has 0 amide bonds. The Morgan fingerprint density at radius 2 is 1.59 bits per heavy atom. The third kappa shape index (κ3) is 13.7. The number of methoxy groups -OCH3 is 1. The van der Waals surface area contributed by atoms with Crippen molar-refractivity contribution in [2.45, 2.75) is 13.0 Å². The van der Waals surface area contributed by atoms with Crippen LogP contribution in [0.25, 0.3) is 0 Å². The van der Waals surface area contributed by atoms with E-state index < -0.39 is 0 Å². The first-order valence-electron chi connectivity index (χ1n) is 6.19. The van der Waals surface area contributed by atoms with Crippen LogP contribution in [0.3, 0.4) is 0 Å². The molecule has 0 aliphatic rings. The van der Waals surface area contributed by atoms with Gasteiger partial charge in [0.2, 0.25) is 0 Å². The topological polar surface area (TPSA) is 43.0 Å². The first kappa shape index (κ1) is 16.8. The van der Waals surface area contributed by atoms with E-state index in [0.29, 0.717) is 32.5 Å². The molecule has 0 aromatic carbocycles. The second-order valence-electron chi connectivity index (χ2n) is 4.33. The number of ether oxygens (including phenoxy) is 3. The molecule has 0 radical (unpaired) electrons. The molecule has 0 saturated carbocycles. The number of nitrogens with zero attached hydrogens (tertiary/aromatic N) is 1. The first-order chi connectivity index (χ1) is 8.16. The van der Waals surface area contributed by atoms with E-state index >= 15 is 0 Å². The van der Waals surface area contributed by atoms with Gasteiger partial charge in [-0.05, 0) is 21.0 Å². The fraction of sp³-hybridized carbons (Fsp3) is 1.00. The predicted molar refractivity (Wildman–Crippen MR) is 69.5 cm³/mol. The summed E-state index contributed by atoms with van der Waals surface area (Å²) >= 11 is 0. The van der Waals surface area contributed by atoms with Crippen molar-refractivity contribution in [3.05, 3.63) is 0 Å². The van der Waals surface area contributed by atoms with Gasteiger partial charge in [-0.3, -0.25) is 0 Å². The van der Waals surface area contributed by atoms with E-state index in [2.05, 4.69) is 31.2 Å². The van der Waals surface area contributed by atoms with Crippen LogP contribution in [0.1, 0.15) is 6.92 Å². The Balaban J connectivity index is 3.07. The predicted octanol–water partition coefficient (Wildman–Crippen LogP) is 0.206. The average Bonchev–Trinajstić information content (AvgIpc) is 2.26. The minimum atomic E-state index is 0.492. The SMILES string of the molecule is COCCOCCOCCNC(C)CN(C)C. The Hall–Kier alpha value is -0.200. The van der Waals surface area contributed by atoms with Gasteiger partial charge in [-0.15, -0.1) is 0 Å². The lowest BCUT2D eigenvalue weighted by Gasteiger charge is -2.18. The summed E-state index contributed by atoms with van der Waals surface area (Å²) in [4.78, 5) is 2.17. The largest absolute Gasteiger partial charge is 0.382 e. The molecule has 104 valence electrons. The van der Waals surface area contributed by atoms with Gasteiger partial charge in [-0.2, -0.15) is 0 Å². The van der Waals surface area contributed by atoms with Crippen LogP contribution in [0.15, 0.2) is 0 Å². The van der Waals surface area contributed by atoms with Gasteiger partial charge in [0.05, 0.1) is 33.0 Å². The smallest absolute Gasteiger partial charge is 0.0701 e. The van der Waals surface area contributed by atoms with Gasteiger partial charge in [-0.25, -0.2) is 0 Å².